The van der Waals surface area contributed by atoms with Gasteiger partial charge in [0.25, 0.3) is 0 Å². The Hall–Kier alpha value is -1.94. The third-order valence-corrected chi connectivity index (χ3v) is 6.15. The second-order valence-corrected chi connectivity index (χ2v) is 8.02. The van der Waals surface area contributed by atoms with Crippen molar-refractivity contribution in [2.24, 2.45) is 10.8 Å². The Kier molecular flexibility index (Phi) is 4.58. The highest BCUT2D eigenvalue weighted by molar-refractivity contribution is 5.97. The van der Waals surface area contributed by atoms with Crippen molar-refractivity contribution < 1.29 is 14.7 Å². The predicted molar refractivity (Wildman–Crippen MR) is 96.8 cm³/mol. The Balaban J connectivity index is 1.97. The van der Waals surface area contributed by atoms with Crippen LogP contribution in [0.5, 0.6) is 0 Å². The zero-order valence-electron chi connectivity index (χ0n) is 15.2. The van der Waals surface area contributed by atoms with Crippen molar-refractivity contribution in [3.05, 3.63) is 47.5 Å². The van der Waals surface area contributed by atoms with E-state index < -0.39 is 11.5 Å². The zero-order chi connectivity index (χ0) is 18.2. The summed E-state index contributed by atoms with van der Waals surface area (Å²) >= 11 is 0. The molecule has 25 heavy (non-hydrogen) atoms. The van der Waals surface area contributed by atoms with E-state index in [-0.39, 0.29) is 23.1 Å². The van der Waals surface area contributed by atoms with E-state index in [1.165, 1.54) is 6.08 Å². The molecule has 0 aromatic heterocycles. The van der Waals surface area contributed by atoms with Gasteiger partial charge >= 0.3 is 0 Å². The summed E-state index contributed by atoms with van der Waals surface area (Å²) < 4.78 is 0. The Morgan fingerprint density at radius 2 is 1.92 bits per heavy atom. The van der Waals surface area contributed by atoms with Crippen LogP contribution in [0.15, 0.2) is 42.0 Å². The monoisotopic (exact) mass is 341 g/mol. The molecule has 134 valence electrons. The molecule has 0 heterocycles. The predicted octanol–water partition coefficient (Wildman–Crippen LogP) is 3.32. The maximum absolute atomic E-state index is 13.4. The molecule has 0 saturated heterocycles. The highest BCUT2D eigenvalue weighted by Gasteiger charge is 2.58. The van der Waals surface area contributed by atoms with Crippen molar-refractivity contribution in [3.63, 3.8) is 0 Å². The van der Waals surface area contributed by atoms with Crippen molar-refractivity contribution in [2.75, 3.05) is 0 Å². The van der Waals surface area contributed by atoms with Crippen LogP contribution in [0.3, 0.4) is 0 Å². The molecule has 1 amide bonds. The third-order valence-electron chi connectivity index (χ3n) is 6.15. The van der Waals surface area contributed by atoms with E-state index in [4.69, 9.17) is 0 Å². The van der Waals surface area contributed by atoms with Crippen LogP contribution >= 0.6 is 0 Å². The molecule has 4 nitrogen and oxygen atoms in total. The summed E-state index contributed by atoms with van der Waals surface area (Å²) in [6.07, 6.45) is 2.99. The largest absolute Gasteiger partial charge is 0.389 e. The normalized spacial score (nSPS) is 29.4. The van der Waals surface area contributed by atoms with E-state index in [1.54, 1.807) is 0 Å². The van der Waals surface area contributed by atoms with E-state index in [2.05, 4.69) is 19.2 Å². The topological polar surface area (TPSA) is 66.4 Å². The molecule has 2 aliphatic carbocycles. The van der Waals surface area contributed by atoms with Gasteiger partial charge in [0.05, 0.1) is 17.6 Å². The minimum atomic E-state index is -0.818. The smallest absolute Gasteiger partial charge is 0.231 e. The van der Waals surface area contributed by atoms with Crippen LogP contribution in [0, 0.1) is 10.8 Å². The number of benzene rings is 1. The van der Waals surface area contributed by atoms with E-state index >= 15 is 0 Å². The summed E-state index contributed by atoms with van der Waals surface area (Å²) in [6, 6.07) is 9.71. The van der Waals surface area contributed by atoms with E-state index in [1.807, 2.05) is 37.3 Å². The zero-order valence-corrected chi connectivity index (χ0v) is 15.2. The second kappa shape index (κ2) is 6.41. The van der Waals surface area contributed by atoms with Gasteiger partial charge in [0, 0.05) is 6.42 Å². The molecule has 0 radical (unpaired) electrons. The lowest BCUT2D eigenvalue weighted by molar-refractivity contribution is -0.142. The molecule has 1 saturated carbocycles. The molecule has 3 atom stereocenters. The lowest BCUT2D eigenvalue weighted by Crippen LogP contribution is -2.57. The Morgan fingerprint density at radius 1 is 1.24 bits per heavy atom. The van der Waals surface area contributed by atoms with Gasteiger partial charge < -0.3 is 10.4 Å². The molecule has 0 spiro atoms. The quantitative estimate of drug-likeness (QED) is 0.886. The van der Waals surface area contributed by atoms with Crippen molar-refractivity contribution in [1.29, 1.82) is 0 Å². The molecule has 4 heteroatoms. The second-order valence-electron chi connectivity index (χ2n) is 8.02. The lowest BCUT2D eigenvalue weighted by atomic mass is 9.51. The number of aliphatic hydroxyl groups is 1. The van der Waals surface area contributed by atoms with Crippen molar-refractivity contribution in [3.8, 4) is 0 Å². The Morgan fingerprint density at radius 3 is 2.60 bits per heavy atom. The van der Waals surface area contributed by atoms with Gasteiger partial charge in [0.1, 0.15) is 0 Å². The molecule has 2 N–H and O–H groups in total. The summed E-state index contributed by atoms with van der Waals surface area (Å²) in [5.41, 5.74) is 0.525. The van der Waals surface area contributed by atoms with Gasteiger partial charge in [-0.2, -0.15) is 0 Å². The number of amides is 1. The van der Waals surface area contributed by atoms with Gasteiger partial charge in [-0.25, -0.2) is 0 Å². The molecule has 0 aliphatic heterocycles. The van der Waals surface area contributed by atoms with Crippen LogP contribution in [-0.4, -0.2) is 22.9 Å². The first-order valence-electron chi connectivity index (χ1n) is 9.07. The summed E-state index contributed by atoms with van der Waals surface area (Å²) in [5.74, 6) is -0.0716. The number of aliphatic hydroxyl groups excluding tert-OH is 1. The van der Waals surface area contributed by atoms with Crippen LogP contribution in [0.4, 0.5) is 0 Å². The van der Waals surface area contributed by atoms with Crippen LogP contribution in [-0.2, 0) is 9.59 Å². The van der Waals surface area contributed by atoms with Crippen LogP contribution in [0.25, 0.3) is 0 Å². The van der Waals surface area contributed by atoms with E-state index in [0.29, 0.717) is 24.8 Å². The van der Waals surface area contributed by atoms with Gasteiger partial charge in [-0.05, 0) is 48.8 Å². The molecule has 0 bridgehead atoms. The molecular formula is C21H27NO3. The standard InChI is InChI=1S/C21H27NO3/c1-14(15-7-5-4-6-8-15)22-19(25)21-12-9-16(23)13-17(21)18(24)10-11-20(21,2)3/h4-8,13-14,18,24H,9-12H2,1-3H3,(H,22,25)/t14-,18-,21+/m1/s1. The van der Waals surface area contributed by atoms with Gasteiger partial charge in [-0.1, -0.05) is 44.2 Å². The van der Waals surface area contributed by atoms with Gasteiger partial charge in [-0.3, -0.25) is 9.59 Å². The average Bonchev–Trinajstić information content (AvgIpc) is 2.59. The number of hydrogen-bond donors (Lipinski definition) is 2. The fourth-order valence-electron chi connectivity index (χ4n) is 4.50. The summed E-state index contributed by atoms with van der Waals surface area (Å²) in [6.45, 7) is 6.12. The SMILES string of the molecule is C[C@@H](NC(=O)[C@]12CCC(=O)C=C1[C@H](O)CCC2(C)C)c1ccccc1. The fraction of sp³-hybridized carbons (Fsp3) is 0.524. The molecule has 1 fully saturated rings. The molecule has 2 aliphatic rings. The Labute approximate surface area is 149 Å². The molecule has 1 aromatic rings. The molecule has 1 aromatic carbocycles. The van der Waals surface area contributed by atoms with Crippen LogP contribution in [0.2, 0.25) is 0 Å². The number of rotatable bonds is 3. The molecular weight excluding hydrogens is 314 g/mol. The minimum absolute atomic E-state index is 0.00582. The molecule has 3 rings (SSSR count). The summed E-state index contributed by atoms with van der Waals surface area (Å²) in [4.78, 5) is 25.4. The van der Waals surface area contributed by atoms with Gasteiger partial charge in [0.2, 0.25) is 5.91 Å². The van der Waals surface area contributed by atoms with E-state index in [9.17, 15) is 14.7 Å². The number of allylic oxidation sites excluding steroid dienone is 1. The first-order valence-corrected chi connectivity index (χ1v) is 9.07. The van der Waals surface area contributed by atoms with Crippen molar-refractivity contribution in [1.82, 2.24) is 5.32 Å². The first kappa shape index (κ1) is 17.9. The molecule has 0 unspecified atom stereocenters. The number of carbonyl (C=O) groups is 2. The Bertz CT molecular complexity index is 707. The van der Waals surface area contributed by atoms with Crippen LogP contribution < -0.4 is 5.32 Å². The highest BCUT2D eigenvalue weighted by atomic mass is 16.3. The third kappa shape index (κ3) is 2.93. The average molecular weight is 341 g/mol. The number of carbonyl (C=O) groups excluding carboxylic acids is 2. The van der Waals surface area contributed by atoms with Gasteiger partial charge in [0.15, 0.2) is 5.78 Å². The summed E-state index contributed by atoms with van der Waals surface area (Å²) in [5, 5.41) is 13.7. The lowest BCUT2D eigenvalue weighted by Gasteiger charge is -2.53. The summed E-state index contributed by atoms with van der Waals surface area (Å²) in [7, 11) is 0. The van der Waals surface area contributed by atoms with E-state index in [0.717, 1.165) is 12.0 Å². The first-order chi connectivity index (χ1) is 11.8. The number of ketones is 1. The number of nitrogens with one attached hydrogen (secondary N) is 1. The minimum Gasteiger partial charge on any atom is -0.389 e. The van der Waals surface area contributed by atoms with Crippen LogP contribution in [0.1, 0.15) is 58.1 Å². The van der Waals surface area contributed by atoms with Crippen molar-refractivity contribution >= 4 is 11.7 Å². The maximum atomic E-state index is 13.4. The number of fused-ring (bicyclic) bond motifs is 1. The van der Waals surface area contributed by atoms with Crippen molar-refractivity contribution in [2.45, 2.75) is 58.6 Å². The fourth-order valence-corrected chi connectivity index (χ4v) is 4.50. The number of hydrogen-bond acceptors (Lipinski definition) is 3. The van der Waals surface area contributed by atoms with Gasteiger partial charge in [-0.15, -0.1) is 0 Å². The maximum Gasteiger partial charge on any atom is 0.231 e. The highest BCUT2D eigenvalue weighted by Crippen LogP contribution is 2.57.